The van der Waals surface area contributed by atoms with E-state index in [1.807, 2.05) is 13.0 Å². The number of ether oxygens (including phenoxy) is 2. The normalized spacial score (nSPS) is 11.0. The molecule has 2 rings (SSSR count). The molecule has 0 aliphatic carbocycles. The summed E-state index contributed by atoms with van der Waals surface area (Å²) in [6.07, 6.45) is 5.02. The summed E-state index contributed by atoms with van der Waals surface area (Å²) in [6, 6.07) is 10.5. The fourth-order valence-corrected chi connectivity index (χ4v) is 2.14. The predicted octanol–water partition coefficient (Wildman–Crippen LogP) is 3.80. The Morgan fingerprint density at radius 1 is 1.07 bits per heavy atom. The van der Waals surface area contributed by atoms with Gasteiger partial charge in [-0.05, 0) is 39.0 Å². The van der Waals surface area contributed by atoms with Crippen LogP contribution in [0.1, 0.15) is 47.1 Å². The molecule has 0 radical (unpaired) electrons. The largest absolute Gasteiger partial charge is 0.404 e. The van der Waals surface area contributed by atoms with Crippen molar-refractivity contribution < 1.29 is 23.9 Å². The third-order valence-electron chi connectivity index (χ3n) is 3.71. The van der Waals surface area contributed by atoms with Crippen LogP contribution in [0.2, 0.25) is 0 Å². The van der Waals surface area contributed by atoms with Crippen LogP contribution in [0.25, 0.3) is 0 Å². The standard InChI is InChI=1S/C22H18N2O5/c1-4-5-7-14(2)21(26)28-19-11-10-18(13-23)20(24-19)29-22(27)17-9-6-8-16(12-17)15(3)25/h4-12H,1-3H3. The van der Waals surface area contributed by atoms with Gasteiger partial charge in [-0.1, -0.05) is 30.4 Å². The number of rotatable bonds is 6. The van der Waals surface area contributed by atoms with Crippen LogP contribution in [0.3, 0.4) is 0 Å². The van der Waals surface area contributed by atoms with Gasteiger partial charge in [0, 0.05) is 17.2 Å². The van der Waals surface area contributed by atoms with Crippen molar-refractivity contribution in [3.63, 3.8) is 0 Å². The third kappa shape index (κ3) is 5.71. The Morgan fingerprint density at radius 3 is 2.45 bits per heavy atom. The molecule has 1 aromatic carbocycles. The highest BCUT2D eigenvalue weighted by Gasteiger charge is 2.17. The zero-order valence-corrected chi connectivity index (χ0v) is 16.1. The number of nitriles is 1. The van der Waals surface area contributed by atoms with E-state index in [0.717, 1.165) is 0 Å². The number of nitrogens with zero attached hydrogens (tertiary/aromatic N) is 2. The van der Waals surface area contributed by atoms with Gasteiger partial charge in [0.05, 0.1) is 5.56 Å². The van der Waals surface area contributed by atoms with Crippen LogP contribution in [0.15, 0.2) is 60.2 Å². The van der Waals surface area contributed by atoms with Crippen LogP contribution in [0.5, 0.6) is 11.8 Å². The zero-order valence-electron chi connectivity index (χ0n) is 16.1. The van der Waals surface area contributed by atoms with Crippen molar-refractivity contribution >= 4 is 17.7 Å². The summed E-state index contributed by atoms with van der Waals surface area (Å²) in [5.74, 6) is -2.06. The number of Topliss-reactive ketones (excluding diaryl/α,β-unsaturated/α-hetero) is 1. The second kappa shape index (κ2) is 9.76. The van der Waals surface area contributed by atoms with E-state index >= 15 is 0 Å². The molecule has 0 aliphatic heterocycles. The van der Waals surface area contributed by atoms with Crippen molar-refractivity contribution in [2.45, 2.75) is 20.8 Å². The average Bonchev–Trinajstić information content (AvgIpc) is 2.72. The van der Waals surface area contributed by atoms with Crippen molar-refractivity contribution in [1.29, 1.82) is 5.26 Å². The lowest BCUT2D eigenvalue weighted by Gasteiger charge is -2.08. The van der Waals surface area contributed by atoms with Gasteiger partial charge in [0.2, 0.25) is 11.8 Å². The molecule has 0 fully saturated rings. The van der Waals surface area contributed by atoms with Crippen LogP contribution in [0.4, 0.5) is 0 Å². The summed E-state index contributed by atoms with van der Waals surface area (Å²) in [6.45, 7) is 4.77. The Labute approximate surface area is 167 Å². The van der Waals surface area contributed by atoms with Crippen LogP contribution in [-0.2, 0) is 4.79 Å². The maximum absolute atomic E-state index is 12.4. The highest BCUT2D eigenvalue weighted by molar-refractivity contribution is 5.98. The molecular weight excluding hydrogens is 372 g/mol. The summed E-state index contributed by atoms with van der Waals surface area (Å²) < 4.78 is 10.4. The molecule has 0 amide bonds. The van der Waals surface area contributed by atoms with Gasteiger partial charge in [-0.25, -0.2) is 9.59 Å². The summed E-state index contributed by atoms with van der Waals surface area (Å²) in [7, 11) is 0. The maximum Gasteiger partial charge on any atom is 0.344 e. The summed E-state index contributed by atoms with van der Waals surface area (Å²) in [4.78, 5) is 39.9. The van der Waals surface area contributed by atoms with Gasteiger partial charge in [0.25, 0.3) is 0 Å². The van der Waals surface area contributed by atoms with E-state index in [4.69, 9.17) is 9.47 Å². The van der Waals surface area contributed by atoms with E-state index in [1.54, 1.807) is 37.3 Å². The molecule has 1 aromatic heterocycles. The maximum atomic E-state index is 12.4. The van der Waals surface area contributed by atoms with Gasteiger partial charge < -0.3 is 9.47 Å². The van der Waals surface area contributed by atoms with Crippen LogP contribution < -0.4 is 9.47 Å². The van der Waals surface area contributed by atoms with Gasteiger partial charge in [-0.3, -0.25) is 4.79 Å². The first-order valence-electron chi connectivity index (χ1n) is 8.61. The summed E-state index contributed by atoms with van der Waals surface area (Å²) in [5.41, 5.74) is 0.797. The number of pyridine rings is 1. The number of hydrogen-bond donors (Lipinski definition) is 0. The van der Waals surface area contributed by atoms with Crippen molar-refractivity contribution in [2.24, 2.45) is 0 Å². The second-order valence-corrected chi connectivity index (χ2v) is 5.91. The summed E-state index contributed by atoms with van der Waals surface area (Å²) >= 11 is 0. The molecular formula is C22H18N2O5. The number of carbonyl (C=O) groups excluding carboxylic acids is 3. The molecule has 1 heterocycles. The minimum atomic E-state index is -0.801. The number of hydrogen-bond acceptors (Lipinski definition) is 7. The number of esters is 2. The monoisotopic (exact) mass is 390 g/mol. The second-order valence-electron chi connectivity index (χ2n) is 5.91. The number of carbonyl (C=O) groups is 3. The van der Waals surface area contributed by atoms with Crippen LogP contribution in [-0.4, -0.2) is 22.7 Å². The van der Waals surface area contributed by atoms with Crippen molar-refractivity contribution in [3.05, 3.63) is 76.9 Å². The van der Waals surface area contributed by atoms with Gasteiger partial charge in [0.15, 0.2) is 5.78 Å². The molecule has 7 heteroatoms. The topological polar surface area (TPSA) is 106 Å². The van der Waals surface area contributed by atoms with Crippen molar-refractivity contribution in [3.8, 4) is 17.8 Å². The van der Waals surface area contributed by atoms with E-state index < -0.39 is 11.9 Å². The number of allylic oxidation sites excluding steroid dienone is 3. The Balaban J connectivity index is 2.26. The molecule has 146 valence electrons. The van der Waals surface area contributed by atoms with Crippen molar-refractivity contribution in [1.82, 2.24) is 4.98 Å². The van der Waals surface area contributed by atoms with Crippen LogP contribution in [0, 0.1) is 11.3 Å². The van der Waals surface area contributed by atoms with Crippen LogP contribution >= 0.6 is 0 Å². The first kappa shape index (κ1) is 21.3. The molecule has 29 heavy (non-hydrogen) atoms. The Kier molecular flexibility index (Phi) is 7.15. The molecule has 0 N–H and O–H groups in total. The quantitative estimate of drug-likeness (QED) is 0.319. The average molecular weight is 390 g/mol. The molecule has 0 saturated heterocycles. The molecule has 7 nitrogen and oxygen atoms in total. The predicted molar refractivity (Wildman–Crippen MR) is 105 cm³/mol. The lowest BCUT2D eigenvalue weighted by atomic mass is 10.1. The lowest BCUT2D eigenvalue weighted by molar-refractivity contribution is -0.130. The zero-order chi connectivity index (χ0) is 21.4. The number of aromatic nitrogens is 1. The first-order chi connectivity index (χ1) is 13.8. The molecule has 0 bridgehead atoms. The van der Waals surface area contributed by atoms with E-state index in [-0.39, 0.29) is 28.7 Å². The Hall–Kier alpha value is -4.05. The molecule has 0 unspecified atom stereocenters. The molecule has 2 aromatic rings. The lowest BCUT2D eigenvalue weighted by Crippen LogP contribution is -2.13. The molecule has 0 saturated carbocycles. The number of benzene rings is 1. The van der Waals surface area contributed by atoms with Gasteiger partial charge in [-0.15, -0.1) is 0 Å². The van der Waals surface area contributed by atoms with E-state index in [9.17, 15) is 19.6 Å². The van der Waals surface area contributed by atoms with E-state index in [2.05, 4.69) is 4.98 Å². The first-order valence-corrected chi connectivity index (χ1v) is 8.61. The molecule has 0 aliphatic rings. The fourth-order valence-electron chi connectivity index (χ4n) is 2.14. The molecule has 0 spiro atoms. The Morgan fingerprint density at radius 2 is 1.79 bits per heavy atom. The van der Waals surface area contributed by atoms with E-state index in [0.29, 0.717) is 11.1 Å². The Bertz CT molecular complexity index is 1060. The number of ketones is 1. The van der Waals surface area contributed by atoms with Gasteiger partial charge in [0.1, 0.15) is 11.6 Å². The summed E-state index contributed by atoms with van der Waals surface area (Å²) in [5, 5.41) is 9.23. The smallest absolute Gasteiger partial charge is 0.344 e. The van der Waals surface area contributed by atoms with Crippen molar-refractivity contribution in [2.75, 3.05) is 0 Å². The SMILES string of the molecule is CC=CC=C(C)C(=O)Oc1ccc(C#N)c(OC(=O)c2cccc(C(C)=O)c2)n1. The minimum absolute atomic E-state index is 0.0120. The van der Waals surface area contributed by atoms with E-state index in [1.165, 1.54) is 31.2 Å². The highest BCUT2D eigenvalue weighted by Crippen LogP contribution is 2.21. The van der Waals surface area contributed by atoms with Gasteiger partial charge in [-0.2, -0.15) is 10.2 Å². The molecule has 0 atom stereocenters. The highest BCUT2D eigenvalue weighted by atomic mass is 16.6. The third-order valence-corrected chi connectivity index (χ3v) is 3.71. The minimum Gasteiger partial charge on any atom is -0.404 e. The van der Waals surface area contributed by atoms with Gasteiger partial charge >= 0.3 is 11.9 Å². The fraction of sp³-hybridized carbons (Fsp3) is 0.136.